The van der Waals surface area contributed by atoms with Gasteiger partial charge in [0.15, 0.2) is 0 Å². The third-order valence-corrected chi connectivity index (χ3v) is 4.67. The van der Waals surface area contributed by atoms with Gasteiger partial charge in [-0.3, -0.25) is 4.79 Å². The zero-order valence-corrected chi connectivity index (χ0v) is 13.9. The molecule has 0 spiro atoms. The maximum absolute atomic E-state index is 12.2. The molecule has 2 atom stereocenters. The number of urea groups is 1. The van der Waals surface area contributed by atoms with Crippen LogP contribution in [0.4, 0.5) is 16.2 Å². The molecule has 0 bridgehead atoms. The highest BCUT2D eigenvalue weighted by Gasteiger charge is 2.39. The molecule has 25 heavy (non-hydrogen) atoms. The van der Waals surface area contributed by atoms with Gasteiger partial charge in [-0.05, 0) is 43.0 Å². The van der Waals surface area contributed by atoms with Gasteiger partial charge in [-0.15, -0.1) is 0 Å². The predicted molar refractivity (Wildman–Crippen MR) is 97.5 cm³/mol. The Morgan fingerprint density at radius 2 is 1.60 bits per heavy atom. The average Bonchev–Trinajstić information content (AvgIpc) is 3.50. The zero-order chi connectivity index (χ0) is 17.2. The fourth-order valence-corrected chi connectivity index (χ4v) is 3.02. The molecule has 2 unspecified atom stereocenters. The van der Waals surface area contributed by atoms with Gasteiger partial charge >= 0.3 is 6.03 Å². The molecule has 2 aromatic rings. The van der Waals surface area contributed by atoms with Crippen molar-refractivity contribution in [3.63, 3.8) is 0 Å². The van der Waals surface area contributed by atoms with Crippen molar-refractivity contribution in [2.24, 2.45) is 5.92 Å². The lowest BCUT2D eigenvalue weighted by Gasteiger charge is -2.10. The highest BCUT2D eigenvalue weighted by molar-refractivity contribution is 5.95. The van der Waals surface area contributed by atoms with Crippen molar-refractivity contribution in [1.29, 1.82) is 0 Å². The van der Waals surface area contributed by atoms with Gasteiger partial charge in [0.05, 0.1) is 0 Å². The summed E-state index contributed by atoms with van der Waals surface area (Å²) < 4.78 is 0. The number of anilines is 2. The highest BCUT2D eigenvalue weighted by atomic mass is 16.2. The molecular formula is C20H21N3O2. The van der Waals surface area contributed by atoms with E-state index in [4.69, 9.17) is 0 Å². The van der Waals surface area contributed by atoms with E-state index >= 15 is 0 Å². The summed E-state index contributed by atoms with van der Waals surface area (Å²) in [6.45, 7) is 0. The number of nitrogens with one attached hydrogen (secondary N) is 3. The van der Waals surface area contributed by atoms with Crippen LogP contribution in [0.3, 0.4) is 0 Å². The number of hydrogen-bond acceptors (Lipinski definition) is 2. The highest BCUT2D eigenvalue weighted by Crippen LogP contribution is 2.40. The molecule has 0 saturated heterocycles. The SMILES string of the molecule is O=C(Nc1cccc(NC(=O)C2CC2)c1)NC1CC1c1ccccc1. The number of carbonyl (C=O) groups excluding carboxylic acids is 2. The first-order valence-electron chi connectivity index (χ1n) is 8.72. The summed E-state index contributed by atoms with van der Waals surface area (Å²) in [5.74, 6) is 0.617. The molecule has 2 fully saturated rings. The van der Waals surface area contributed by atoms with Gasteiger partial charge in [0.1, 0.15) is 0 Å². The van der Waals surface area contributed by atoms with Crippen molar-refractivity contribution >= 4 is 23.3 Å². The van der Waals surface area contributed by atoms with E-state index in [0.29, 0.717) is 17.3 Å². The van der Waals surface area contributed by atoms with E-state index in [0.717, 1.165) is 19.3 Å². The summed E-state index contributed by atoms with van der Waals surface area (Å²) in [5, 5.41) is 8.73. The average molecular weight is 335 g/mol. The zero-order valence-electron chi connectivity index (χ0n) is 13.9. The van der Waals surface area contributed by atoms with E-state index in [-0.39, 0.29) is 23.9 Å². The molecule has 0 radical (unpaired) electrons. The molecule has 128 valence electrons. The fraction of sp³-hybridized carbons (Fsp3) is 0.300. The van der Waals surface area contributed by atoms with E-state index in [1.165, 1.54) is 5.56 Å². The van der Waals surface area contributed by atoms with E-state index in [1.807, 2.05) is 36.4 Å². The number of benzene rings is 2. The molecule has 2 saturated carbocycles. The summed E-state index contributed by atoms with van der Waals surface area (Å²) >= 11 is 0. The van der Waals surface area contributed by atoms with Crippen LogP contribution in [0.5, 0.6) is 0 Å². The van der Waals surface area contributed by atoms with Crippen LogP contribution in [-0.4, -0.2) is 18.0 Å². The van der Waals surface area contributed by atoms with Crippen molar-refractivity contribution in [2.75, 3.05) is 10.6 Å². The van der Waals surface area contributed by atoms with Gasteiger partial charge in [0.2, 0.25) is 5.91 Å². The summed E-state index contributed by atoms with van der Waals surface area (Å²) in [6, 6.07) is 17.4. The maximum Gasteiger partial charge on any atom is 0.319 e. The van der Waals surface area contributed by atoms with Crippen LogP contribution in [0.2, 0.25) is 0 Å². The first-order chi connectivity index (χ1) is 12.2. The Kier molecular flexibility index (Phi) is 4.14. The van der Waals surface area contributed by atoms with Crippen molar-refractivity contribution in [3.8, 4) is 0 Å². The van der Waals surface area contributed by atoms with Crippen molar-refractivity contribution in [3.05, 3.63) is 60.2 Å². The minimum absolute atomic E-state index is 0.0604. The first kappa shape index (κ1) is 15.7. The third-order valence-electron chi connectivity index (χ3n) is 4.67. The normalized spacial score (nSPS) is 21.3. The molecule has 4 rings (SSSR count). The summed E-state index contributed by atoms with van der Waals surface area (Å²) in [7, 11) is 0. The van der Waals surface area contributed by atoms with Crippen molar-refractivity contribution < 1.29 is 9.59 Å². The van der Waals surface area contributed by atoms with Crippen molar-refractivity contribution in [1.82, 2.24) is 5.32 Å². The fourth-order valence-electron chi connectivity index (χ4n) is 3.02. The van der Waals surface area contributed by atoms with Crippen LogP contribution in [0.25, 0.3) is 0 Å². The van der Waals surface area contributed by atoms with Crippen LogP contribution in [0.1, 0.15) is 30.7 Å². The Balaban J connectivity index is 1.30. The second-order valence-electron chi connectivity index (χ2n) is 6.80. The molecule has 2 aromatic carbocycles. The maximum atomic E-state index is 12.2. The second-order valence-corrected chi connectivity index (χ2v) is 6.80. The Morgan fingerprint density at radius 1 is 0.880 bits per heavy atom. The third kappa shape index (κ3) is 3.99. The first-order valence-corrected chi connectivity index (χ1v) is 8.72. The van der Waals surface area contributed by atoms with Gasteiger partial charge in [0.25, 0.3) is 0 Å². The number of amides is 3. The Morgan fingerprint density at radius 3 is 2.32 bits per heavy atom. The van der Waals surface area contributed by atoms with Gasteiger partial charge < -0.3 is 16.0 Å². The number of hydrogen-bond donors (Lipinski definition) is 3. The van der Waals surface area contributed by atoms with E-state index in [1.54, 1.807) is 6.07 Å². The standard InChI is InChI=1S/C20H21N3O2/c24-19(14-9-10-14)21-15-7-4-8-16(11-15)22-20(25)23-18-12-17(18)13-5-2-1-3-6-13/h1-8,11,14,17-18H,9-10,12H2,(H,21,24)(H2,22,23,25). The number of rotatable bonds is 5. The Labute approximate surface area is 146 Å². The molecule has 0 aliphatic heterocycles. The molecule has 0 aromatic heterocycles. The monoisotopic (exact) mass is 335 g/mol. The van der Waals surface area contributed by atoms with E-state index < -0.39 is 0 Å². The topological polar surface area (TPSA) is 70.2 Å². The van der Waals surface area contributed by atoms with Crippen molar-refractivity contribution in [2.45, 2.75) is 31.2 Å². The lowest BCUT2D eigenvalue weighted by molar-refractivity contribution is -0.117. The summed E-state index contributed by atoms with van der Waals surface area (Å²) in [4.78, 5) is 24.0. The molecule has 5 heteroatoms. The number of carbonyl (C=O) groups is 2. The lowest BCUT2D eigenvalue weighted by Crippen LogP contribution is -2.31. The second kappa shape index (κ2) is 6.59. The molecular weight excluding hydrogens is 314 g/mol. The Bertz CT molecular complexity index is 787. The van der Waals surface area contributed by atoms with Crippen LogP contribution >= 0.6 is 0 Å². The van der Waals surface area contributed by atoms with Crippen LogP contribution < -0.4 is 16.0 Å². The minimum Gasteiger partial charge on any atom is -0.334 e. The summed E-state index contributed by atoms with van der Waals surface area (Å²) in [6.07, 6.45) is 2.90. The molecule has 2 aliphatic rings. The van der Waals surface area contributed by atoms with Crippen LogP contribution in [0.15, 0.2) is 54.6 Å². The van der Waals surface area contributed by atoms with Gasteiger partial charge in [-0.1, -0.05) is 36.4 Å². The van der Waals surface area contributed by atoms with Crippen LogP contribution in [0, 0.1) is 5.92 Å². The van der Waals surface area contributed by atoms with E-state index in [2.05, 4.69) is 28.1 Å². The lowest BCUT2D eigenvalue weighted by atomic mass is 10.1. The molecule has 3 amide bonds. The summed E-state index contributed by atoms with van der Waals surface area (Å²) in [5.41, 5.74) is 2.64. The van der Waals surface area contributed by atoms with Gasteiger partial charge in [-0.2, -0.15) is 0 Å². The van der Waals surface area contributed by atoms with Gasteiger partial charge in [0, 0.05) is 29.3 Å². The van der Waals surface area contributed by atoms with Gasteiger partial charge in [-0.25, -0.2) is 4.79 Å². The molecule has 3 N–H and O–H groups in total. The largest absolute Gasteiger partial charge is 0.334 e. The van der Waals surface area contributed by atoms with E-state index in [9.17, 15) is 9.59 Å². The smallest absolute Gasteiger partial charge is 0.319 e. The van der Waals surface area contributed by atoms with Crippen LogP contribution in [-0.2, 0) is 4.79 Å². The Hall–Kier alpha value is -2.82. The molecule has 2 aliphatic carbocycles. The minimum atomic E-state index is -0.214. The predicted octanol–water partition coefficient (Wildman–Crippen LogP) is 3.71. The molecule has 5 nitrogen and oxygen atoms in total. The quantitative estimate of drug-likeness (QED) is 0.779. The molecule has 0 heterocycles.